The van der Waals surface area contributed by atoms with Crippen LogP contribution in [0.3, 0.4) is 0 Å². The lowest BCUT2D eigenvalue weighted by atomic mass is 9.72. The molecule has 0 radical (unpaired) electrons. The van der Waals surface area contributed by atoms with Gasteiger partial charge >= 0.3 is 6.18 Å². The van der Waals surface area contributed by atoms with Crippen molar-refractivity contribution in [2.24, 2.45) is 5.92 Å². The second kappa shape index (κ2) is 10.6. The molecule has 11 heteroatoms. The maximum atomic E-state index is 13.8. The fraction of sp³-hybridized carbons (Fsp3) is 0.462. The Balaban J connectivity index is 1.82. The summed E-state index contributed by atoms with van der Waals surface area (Å²) < 4.78 is 41.5. The lowest BCUT2D eigenvalue weighted by Gasteiger charge is -2.36. The number of aromatic amines is 1. The van der Waals surface area contributed by atoms with Gasteiger partial charge in [0.25, 0.3) is 0 Å². The van der Waals surface area contributed by atoms with E-state index in [1.165, 1.54) is 4.90 Å². The van der Waals surface area contributed by atoms with Crippen LogP contribution in [-0.2, 0) is 6.18 Å². The quantitative estimate of drug-likeness (QED) is 0.201. The van der Waals surface area contributed by atoms with E-state index in [0.29, 0.717) is 28.0 Å². The third-order valence-electron chi connectivity index (χ3n) is 7.10. The number of nitrogens with zero attached hydrogens (tertiary/aromatic N) is 3. The zero-order chi connectivity index (χ0) is 26.9. The summed E-state index contributed by atoms with van der Waals surface area (Å²) in [6.07, 6.45) is -0.489. The molecule has 0 amide bonds. The number of halogens is 3. The minimum Gasteiger partial charge on any atom is -0.395 e. The second-order valence-electron chi connectivity index (χ2n) is 9.78. The highest BCUT2D eigenvalue weighted by molar-refractivity contribution is 5.96. The molecule has 5 N–H and O–H groups in total. The SMILES string of the molecule is C[C@H](N[C@@H](C)CO)c1nc(C(F)(F)F)cc2c(-c3cccc([C@H](C(=N)N(C)C=N)C4CCC4)c3)n[nH]c12. The molecule has 3 aromatic rings. The molecule has 0 saturated heterocycles. The lowest BCUT2D eigenvalue weighted by molar-refractivity contribution is -0.141. The van der Waals surface area contributed by atoms with Crippen LogP contribution in [0.15, 0.2) is 30.3 Å². The van der Waals surface area contributed by atoms with E-state index < -0.39 is 17.9 Å². The number of pyridine rings is 1. The Morgan fingerprint density at radius 2 is 2.03 bits per heavy atom. The first kappa shape index (κ1) is 26.7. The number of aromatic nitrogens is 3. The van der Waals surface area contributed by atoms with Gasteiger partial charge in [0, 0.05) is 36.0 Å². The Hall–Kier alpha value is -3.31. The molecule has 0 spiro atoms. The molecule has 1 saturated carbocycles. The van der Waals surface area contributed by atoms with Crippen molar-refractivity contribution in [1.82, 2.24) is 25.4 Å². The average molecular weight is 516 g/mol. The molecule has 8 nitrogen and oxygen atoms in total. The molecule has 1 fully saturated rings. The van der Waals surface area contributed by atoms with E-state index in [2.05, 4.69) is 20.5 Å². The van der Waals surface area contributed by atoms with Crippen molar-refractivity contribution in [2.45, 2.75) is 57.3 Å². The third kappa shape index (κ3) is 5.37. The first-order valence-corrected chi connectivity index (χ1v) is 12.3. The van der Waals surface area contributed by atoms with Gasteiger partial charge in [-0.05, 0) is 50.3 Å². The monoisotopic (exact) mass is 515 g/mol. The Kier molecular flexibility index (Phi) is 7.65. The molecule has 1 aliphatic rings. The normalized spacial score (nSPS) is 16.7. The van der Waals surface area contributed by atoms with Crippen LogP contribution in [0.4, 0.5) is 13.2 Å². The van der Waals surface area contributed by atoms with Gasteiger partial charge in [-0.25, -0.2) is 4.98 Å². The summed E-state index contributed by atoms with van der Waals surface area (Å²) >= 11 is 0. The first-order chi connectivity index (χ1) is 17.5. The van der Waals surface area contributed by atoms with E-state index >= 15 is 0 Å². The minimum absolute atomic E-state index is 0.168. The second-order valence-corrected chi connectivity index (χ2v) is 9.78. The molecule has 0 aliphatic heterocycles. The molecule has 1 aliphatic carbocycles. The number of aliphatic hydroxyl groups is 1. The van der Waals surface area contributed by atoms with Crippen molar-refractivity contribution in [3.8, 4) is 11.3 Å². The van der Waals surface area contributed by atoms with Crippen LogP contribution in [0.5, 0.6) is 0 Å². The van der Waals surface area contributed by atoms with Gasteiger partial charge in [-0.1, -0.05) is 24.6 Å². The summed E-state index contributed by atoms with van der Waals surface area (Å²) in [5.74, 6) is 0.360. The minimum atomic E-state index is -4.65. The van der Waals surface area contributed by atoms with E-state index in [-0.39, 0.29) is 30.2 Å². The van der Waals surface area contributed by atoms with Gasteiger partial charge in [0.05, 0.1) is 24.2 Å². The van der Waals surface area contributed by atoms with Gasteiger partial charge in [0.2, 0.25) is 0 Å². The van der Waals surface area contributed by atoms with Crippen molar-refractivity contribution in [1.29, 1.82) is 10.8 Å². The van der Waals surface area contributed by atoms with Gasteiger partial charge in [0.15, 0.2) is 0 Å². The predicted octanol–water partition coefficient (Wildman–Crippen LogP) is 5.07. The van der Waals surface area contributed by atoms with E-state index in [0.717, 1.165) is 37.2 Å². The van der Waals surface area contributed by atoms with E-state index in [4.69, 9.17) is 10.8 Å². The highest BCUT2D eigenvalue weighted by Gasteiger charge is 2.36. The van der Waals surface area contributed by atoms with Gasteiger partial charge in [-0.2, -0.15) is 18.3 Å². The molecule has 4 rings (SSSR count). The highest BCUT2D eigenvalue weighted by Crippen LogP contribution is 2.42. The number of rotatable bonds is 9. The number of H-pyrrole nitrogens is 1. The van der Waals surface area contributed by atoms with Gasteiger partial charge in [-0.15, -0.1) is 0 Å². The first-order valence-electron chi connectivity index (χ1n) is 12.3. The molecular weight excluding hydrogens is 483 g/mol. The number of benzene rings is 1. The summed E-state index contributed by atoms with van der Waals surface area (Å²) in [4.78, 5) is 5.39. The summed E-state index contributed by atoms with van der Waals surface area (Å²) in [6, 6.07) is 7.53. The molecule has 0 bridgehead atoms. The fourth-order valence-corrected chi connectivity index (χ4v) is 4.87. The number of nitrogens with one attached hydrogen (secondary N) is 4. The molecule has 37 heavy (non-hydrogen) atoms. The average Bonchev–Trinajstić information content (AvgIpc) is 3.28. The van der Waals surface area contributed by atoms with Crippen molar-refractivity contribution >= 4 is 23.1 Å². The standard InChI is InChI=1S/C26H32F3N7O/c1-14(12-37)32-15(2)22-24-19(11-20(33-22)26(27,28)29)23(34-35-24)18-9-5-8-17(10-18)21(16-6-4-7-16)25(31)36(3)13-30/h5,8-11,13-16,21,30-32,37H,4,6-7,12H2,1-3H3,(H,34,35)/t14-,15-,21+/m0/s1. The molecule has 198 valence electrons. The zero-order valence-electron chi connectivity index (χ0n) is 21.0. The molecule has 2 aromatic heterocycles. The predicted molar refractivity (Wildman–Crippen MR) is 137 cm³/mol. The number of aliphatic hydroxyl groups excluding tert-OH is 1. The summed E-state index contributed by atoms with van der Waals surface area (Å²) in [6.45, 7) is 3.26. The Morgan fingerprint density at radius 1 is 1.30 bits per heavy atom. The van der Waals surface area contributed by atoms with Crippen LogP contribution < -0.4 is 5.32 Å². The van der Waals surface area contributed by atoms with E-state index in [9.17, 15) is 18.3 Å². The maximum Gasteiger partial charge on any atom is 0.433 e. The van der Waals surface area contributed by atoms with Crippen LogP contribution in [0.25, 0.3) is 22.2 Å². The number of amidine groups is 1. The fourth-order valence-electron chi connectivity index (χ4n) is 4.87. The summed E-state index contributed by atoms with van der Waals surface area (Å²) in [5, 5.41) is 36.3. The highest BCUT2D eigenvalue weighted by atomic mass is 19.4. The van der Waals surface area contributed by atoms with Crippen molar-refractivity contribution in [3.63, 3.8) is 0 Å². The zero-order valence-corrected chi connectivity index (χ0v) is 21.0. The van der Waals surface area contributed by atoms with Crippen LogP contribution >= 0.6 is 0 Å². The van der Waals surface area contributed by atoms with Crippen molar-refractivity contribution < 1.29 is 18.3 Å². The molecule has 0 unspecified atom stereocenters. The molecule has 3 atom stereocenters. The Labute approximate surface area is 213 Å². The van der Waals surface area contributed by atoms with Crippen LogP contribution in [0, 0.1) is 16.7 Å². The largest absolute Gasteiger partial charge is 0.433 e. The summed E-state index contributed by atoms with van der Waals surface area (Å²) in [7, 11) is 1.67. The number of alkyl halides is 3. The summed E-state index contributed by atoms with van der Waals surface area (Å²) in [5.41, 5.74) is 1.42. The number of hydrogen-bond acceptors (Lipinski definition) is 6. The Morgan fingerprint density at radius 3 is 2.62 bits per heavy atom. The van der Waals surface area contributed by atoms with Gasteiger partial charge < -0.3 is 15.3 Å². The number of hydrogen-bond donors (Lipinski definition) is 5. The number of likely N-dealkylation sites (N-methyl/N-ethyl adjacent to an activating group) is 1. The van der Waals surface area contributed by atoms with Gasteiger partial charge in [-0.3, -0.25) is 15.9 Å². The molecule has 2 heterocycles. The van der Waals surface area contributed by atoms with Crippen LogP contribution in [-0.4, -0.2) is 57.1 Å². The number of fused-ring (bicyclic) bond motifs is 1. The van der Waals surface area contributed by atoms with E-state index in [1.54, 1.807) is 27.0 Å². The maximum absolute atomic E-state index is 13.8. The lowest BCUT2D eigenvalue weighted by Crippen LogP contribution is -2.36. The Bertz CT molecular complexity index is 1280. The van der Waals surface area contributed by atoms with Gasteiger partial charge in [0.1, 0.15) is 17.2 Å². The van der Waals surface area contributed by atoms with Crippen LogP contribution in [0.2, 0.25) is 0 Å². The van der Waals surface area contributed by atoms with Crippen LogP contribution in [0.1, 0.15) is 62.0 Å². The molecular formula is C26H32F3N7O. The molecule has 1 aromatic carbocycles. The van der Waals surface area contributed by atoms with E-state index in [1.807, 2.05) is 18.2 Å². The third-order valence-corrected chi connectivity index (χ3v) is 7.10. The van der Waals surface area contributed by atoms with Crippen molar-refractivity contribution in [2.75, 3.05) is 13.7 Å². The smallest absolute Gasteiger partial charge is 0.395 e. The van der Waals surface area contributed by atoms with Crippen molar-refractivity contribution in [3.05, 3.63) is 47.3 Å². The topological polar surface area (TPSA) is 125 Å².